The van der Waals surface area contributed by atoms with Crippen molar-refractivity contribution in [3.8, 4) is 0 Å². The van der Waals surface area contributed by atoms with Crippen LogP contribution in [0.2, 0.25) is 0 Å². The number of amides is 1. The minimum atomic E-state index is 0.00676. The van der Waals surface area contributed by atoms with Crippen molar-refractivity contribution in [2.24, 2.45) is 0 Å². The van der Waals surface area contributed by atoms with E-state index in [9.17, 15) is 4.79 Å². The summed E-state index contributed by atoms with van der Waals surface area (Å²) in [6, 6.07) is 4.34. The standard InChI is InChI=1S/C18H23N5O/c1-5-11(3)22-16-12(4)17(21-9-20-16)23-14-6-10(2)15-13(7-14)8-19-18(15)24/h6-7,9,11H,5,8H2,1-4H3,(H,19,24)(H2,20,21,22,23)/t11-/m1/s1. The molecule has 0 radical (unpaired) electrons. The SMILES string of the molecule is CC[C@@H](C)Nc1ncnc(Nc2cc(C)c3c(c2)CNC3=O)c1C. The van der Waals surface area contributed by atoms with Crippen LogP contribution in [0.5, 0.6) is 0 Å². The van der Waals surface area contributed by atoms with Gasteiger partial charge in [0.15, 0.2) is 0 Å². The monoisotopic (exact) mass is 325 g/mol. The van der Waals surface area contributed by atoms with Crippen LogP contribution in [-0.4, -0.2) is 21.9 Å². The number of rotatable bonds is 5. The Morgan fingerprint density at radius 1 is 1.25 bits per heavy atom. The van der Waals surface area contributed by atoms with Crippen molar-refractivity contribution in [2.45, 2.75) is 46.7 Å². The van der Waals surface area contributed by atoms with Crippen LogP contribution in [0.15, 0.2) is 18.5 Å². The Balaban J connectivity index is 1.88. The summed E-state index contributed by atoms with van der Waals surface area (Å²) in [5.74, 6) is 1.62. The summed E-state index contributed by atoms with van der Waals surface area (Å²) in [5, 5.41) is 9.62. The van der Waals surface area contributed by atoms with Crippen LogP contribution >= 0.6 is 0 Å². The van der Waals surface area contributed by atoms with E-state index in [1.807, 2.05) is 26.0 Å². The maximum atomic E-state index is 11.8. The number of carbonyl (C=O) groups excluding carboxylic acids is 1. The Morgan fingerprint density at radius 3 is 2.75 bits per heavy atom. The fourth-order valence-electron chi connectivity index (χ4n) is 2.85. The zero-order valence-corrected chi connectivity index (χ0v) is 14.5. The van der Waals surface area contributed by atoms with E-state index >= 15 is 0 Å². The minimum absolute atomic E-state index is 0.00676. The minimum Gasteiger partial charge on any atom is -0.367 e. The summed E-state index contributed by atoms with van der Waals surface area (Å²) >= 11 is 0. The highest BCUT2D eigenvalue weighted by Crippen LogP contribution is 2.28. The number of carbonyl (C=O) groups is 1. The van der Waals surface area contributed by atoms with E-state index in [4.69, 9.17) is 0 Å². The number of fused-ring (bicyclic) bond motifs is 1. The Bertz CT molecular complexity index is 787. The molecule has 0 fully saturated rings. The Hall–Kier alpha value is -2.63. The summed E-state index contributed by atoms with van der Waals surface area (Å²) in [7, 11) is 0. The molecule has 1 aliphatic rings. The van der Waals surface area contributed by atoms with Crippen molar-refractivity contribution >= 4 is 23.2 Å². The lowest BCUT2D eigenvalue weighted by atomic mass is 10.0. The molecule has 1 atom stereocenters. The van der Waals surface area contributed by atoms with Gasteiger partial charge >= 0.3 is 0 Å². The van der Waals surface area contributed by atoms with E-state index in [0.29, 0.717) is 12.6 Å². The summed E-state index contributed by atoms with van der Waals surface area (Å²) in [6.07, 6.45) is 2.59. The van der Waals surface area contributed by atoms with Crippen molar-refractivity contribution in [3.63, 3.8) is 0 Å². The van der Waals surface area contributed by atoms with Gasteiger partial charge in [-0.15, -0.1) is 0 Å². The molecule has 126 valence electrons. The maximum absolute atomic E-state index is 11.8. The fraction of sp³-hybridized carbons (Fsp3) is 0.389. The second-order valence-corrected chi connectivity index (χ2v) is 6.28. The van der Waals surface area contributed by atoms with E-state index < -0.39 is 0 Å². The van der Waals surface area contributed by atoms with Gasteiger partial charge in [-0.25, -0.2) is 9.97 Å². The second-order valence-electron chi connectivity index (χ2n) is 6.28. The number of hydrogen-bond acceptors (Lipinski definition) is 5. The maximum Gasteiger partial charge on any atom is 0.252 e. The Labute approximate surface area is 142 Å². The van der Waals surface area contributed by atoms with Gasteiger partial charge in [-0.05, 0) is 50.5 Å². The first-order valence-corrected chi connectivity index (χ1v) is 8.26. The van der Waals surface area contributed by atoms with Gasteiger partial charge in [0.25, 0.3) is 5.91 Å². The Morgan fingerprint density at radius 2 is 2.00 bits per heavy atom. The molecule has 6 heteroatoms. The van der Waals surface area contributed by atoms with Crippen LogP contribution in [0.4, 0.5) is 17.3 Å². The molecule has 0 saturated carbocycles. The summed E-state index contributed by atoms with van der Waals surface area (Å²) < 4.78 is 0. The molecule has 0 spiro atoms. The third kappa shape index (κ3) is 3.04. The largest absolute Gasteiger partial charge is 0.367 e. The number of anilines is 3. The predicted molar refractivity (Wildman–Crippen MR) is 95.8 cm³/mol. The van der Waals surface area contributed by atoms with Crippen LogP contribution in [-0.2, 0) is 6.54 Å². The van der Waals surface area contributed by atoms with Crippen LogP contribution in [0.3, 0.4) is 0 Å². The lowest BCUT2D eigenvalue weighted by Crippen LogP contribution is -2.16. The molecule has 2 heterocycles. The van der Waals surface area contributed by atoms with Gasteiger partial charge in [0.2, 0.25) is 0 Å². The van der Waals surface area contributed by atoms with E-state index in [0.717, 1.165) is 46.0 Å². The summed E-state index contributed by atoms with van der Waals surface area (Å²) in [5.41, 5.74) is 4.69. The van der Waals surface area contributed by atoms with Crippen molar-refractivity contribution in [2.75, 3.05) is 10.6 Å². The topological polar surface area (TPSA) is 78.9 Å². The summed E-state index contributed by atoms with van der Waals surface area (Å²) in [4.78, 5) is 20.5. The van der Waals surface area contributed by atoms with E-state index in [1.165, 1.54) is 0 Å². The van der Waals surface area contributed by atoms with Crippen LogP contribution < -0.4 is 16.0 Å². The van der Waals surface area contributed by atoms with E-state index in [1.54, 1.807) is 6.33 Å². The van der Waals surface area contributed by atoms with Gasteiger partial charge in [-0.2, -0.15) is 0 Å². The molecule has 0 saturated heterocycles. The average molecular weight is 325 g/mol. The number of aromatic nitrogens is 2. The number of aryl methyl sites for hydroxylation is 1. The molecule has 3 N–H and O–H groups in total. The van der Waals surface area contributed by atoms with Crippen molar-refractivity contribution < 1.29 is 4.79 Å². The summed E-state index contributed by atoms with van der Waals surface area (Å²) in [6.45, 7) is 8.79. The highest BCUT2D eigenvalue weighted by molar-refractivity contribution is 6.00. The highest BCUT2D eigenvalue weighted by Gasteiger charge is 2.21. The zero-order valence-electron chi connectivity index (χ0n) is 14.5. The normalized spacial score (nSPS) is 14.1. The molecule has 24 heavy (non-hydrogen) atoms. The molecule has 1 amide bonds. The first-order valence-electron chi connectivity index (χ1n) is 8.26. The molecule has 0 bridgehead atoms. The van der Waals surface area contributed by atoms with Gasteiger partial charge in [0.1, 0.15) is 18.0 Å². The van der Waals surface area contributed by atoms with Gasteiger partial charge < -0.3 is 16.0 Å². The molecule has 3 rings (SSSR count). The van der Waals surface area contributed by atoms with Gasteiger partial charge in [-0.1, -0.05) is 6.92 Å². The van der Waals surface area contributed by atoms with Crippen molar-refractivity contribution in [1.29, 1.82) is 0 Å². The highest BCUT2D eigenvalue weighted by atomic mass is 16.1. The average Bonchev–Trinajstić information content (AvgIpc) is 2.92. The first kappa shape index (κ1) is 16.2. The zero-order chi connectivity index (χ0) is 17.3. The third-order valence-corrected chi connectivity index (χ3v) is 4.43. The predicted octanol–water partition coefficient (Wildman–Crippen LogP) is 3.29. The number of hydrogen-bond donors (Lipinski definition) is 3. The van der Waals surface area contributed by atoms with E-state index in [-0.39, 0.29) is 5.91 Å². The lowest BCUT2D eigenvalue weighted by Gasteiger charge is -2.16. The first-order chi connectivity index (χ1) is 11.5. The molecule has 2 aromatic rings. The molecule has 1 aromatic heterocycles. The number of benzene rings is 1. The van der Waals surface area contributed by atoms with Crippen molar-refractivity contribution in [3.05, 3.63) is 40.7 Å². The van der Waals surface area contributed by atoms with E-state index in [2.05, 4.69) is 39.8 Å². The smallest absolute Gasteiger partial charge is 0.252 e. The molecule has 1 aliphatic heterocycles. The molecular formula is C18H23N5O. The van der Waals surface area contributed by atoms with Crippen LogP contribution in [0.1, 0.15) is 47.3 Å². The fourth-order valence-corrected chi connectivity index (χ4v) is 2.85. The third-order valence-electron chi connectivity index (χ3n) is 4.43. The van der Waals surface area contributed by atoms with Crippen molar-refractivity contribution in [1.82, 2.24) is 15.3 Å². The lowest BCUT2D eigenvalue weighted by molar-refractivity contribution is 0.0965. The molecular weight excluding hydrogens is 302 g/mol. The quantitative estimate of drug-likeness (QED) is 0.786. The number of nitrogens with one attached hydrogen (secondary N) is 3. The molecule has 6 nitrogen and oxygen atoms in total. The van der Waals surface area contributed by atoms with Gasteiger partial charge in [0, 0.05) is 29.4 Å². The van der Waals surface area contributed by atoms with Gasteiger partial charge in [0.05, 0.1) is 0 Å². The Kier molecular flexibility index (Phi) is 4.38. The van der Waals surface area contributed by atoms with Gasteiger partial charge in [-0.3, -0.25) is 4.79 Å². The van der Waals surface area contributed by atoms with Crippen LogP contribution in [0, 0.1) is 13.8 Å². The van der Waals surface area contributed by atoms with Crippen LogP contribution in [0.25, 0.3) is 0 Å². The second kappa shape index (κ2) is 6.47. The molecule has 0 unspecified atom stereocenters. The molecule has 1 aromatic carbocycles. The molecule has 0 aliphatic carbocycles. The number of nitrogens with zero attached hydrogens (tertiary/aromatic N) is 2.